The van der Waals surface area contributed by atoms with E-state index in [1.807, 2.05) is 24.3 Å². The average Bonchev–Trinajstić information content (AvgIpc) is 2.53. The van der Waals surface area contributed by atoms with Crippen LogP contribution >= 0.6 is 0 Å². The van der Waals surface area contributed by atoms with Gasteiger partial charge in [0.2, 0.25) is 0 Å². The Kier molecular flexibility index (Phi) is 17.1. The summed E-state index contributed by atoms with van der Waals surface area (Å²) in [6.45, 7) is 0.334. The van der Waals surface area contributed by atoms with Crippen LogP contribution in [0.2, 0.25) is 0 Å². The predicted octanol–water partition coefficient (Wildman–Crippen LogP) is 5.19. The van der Waals surface area contributed by atoms with E-state index in [4.69, 9.17) is 10.2 Å². The molecular formula is C20H32O3. The monoisotopic (exact) mass is 320 g/mol. The number of hydrogen-bond acceptors (Lipinski definition) is 2. The van der Waals surface area contributed by atoms with Crippen LogP contribution in [0.5, 0.6) is 0 Å². The van der Waals surface area contributed by atoms with Crippen molar-refractivity contribution in [1.29, 1.82) is 0 Å². The van der Waals surface area contributed by atoms with Gasteiger partial charge in [-0.3, -0.25) is 0 Å². The summed E-state index contributed by atoms with van der Waals surface area (Å²) in [5.41, 5.74) is 0. The number of carbonyl (C=O) groups is 1. The summed E-state index contributed by atoms with van der Waals surface area (Å²) < 4.78 is 0. The van der Waals surface area contributed by atoms with E-state index in [0.717, 1.165) is 18.9 Å². The number of carboxylic acid groups (broad SMARTS) is 1. The third kappa shape index (κ3) is 20.4. The van der Waals surface area contributed by atoms with Crippen molar-refractivity contribution in [3.8, 4) is 0 Å². The summed E-state index contributed by atoms with van der Waals surface area (Å²) in [6.07, 6.45) is 26.5. The molecule has 0 saturated carbocycles. The minimum atomic E-state index is -0.930. The molecule has 0 radical (unpaired) electrons. The van der Waals surface area contributed by atoms with Gasteiger partial charge in [0.25, 0.3) is 0 Å². The molecule has 0 heterocycles. The summed E-state index contributed by atoms with van der Waals surface area (Å²) in [5.74, 6) is -0.930. The largest absolute Gasteiger partial charge is 0.478 e. The number of unbranched alkanes of at least 4 members (excludes halogenated alkanes) is 9. The fourth-order valence-electron chi connectivity index (χ4n) is 2.18. The van der Waals surface area contributed by atoms with Crippen molar-refractivity contribution < 1.29 is 15.0 Å². The molecule has 0 aromatic carbocycles. The molecule has 0 rings (SSSR count). The molecule has 0 aromatic rings. The number of aliphatic hydroxyl groups excluding tert-OH is 1. The van der Waals surface area contributed by atoms with Gasteiger partial charge >= 0.3 is 5.97 Å². The number of aliphatic carboxylic acids is 1. The first kappa shape index (κ1) is 21.4. The van der Waals surface area contributed by atoms with Crippen LogP contribution in [0.1, 0.15) is 64.2 Å². The third-order valence-electron chi connectivity index (χ3n) is 3.46. The number of allylic oxidation sites excluding steroid dienone is 7. The fraction of sp³-hybridized carbons (Fsp3) is 0.550. The van der Waals surface area contributed by atoms with E-state index in [1.165, 1.54) is 57.4 Å². The van der Waals surface area contributed by atoms with E-state index in [9.17, 15) is 4.79 Å². The Morgan fingerprint density at radius 2 is 1.13 bits per heavy atom. The molecule has 0 unspecified atom stereocenters. The Morgan fingerprint density at radius 1 is 0.652 bits per heavy atom. The van der Waals surface area contributed by atoms with Gasteiger partial charge in [0.1, 0.15) is 0 Å². The number of aliphatic hydroxyl groups is 1. The summed E-state index contributed by atoms with van der Waals surface area (Å²) in [4.78, 5) is 10.2. The molecule has 0 amide bonds. The topological polar surface area (TPSA) is 57.5 Å². The highest BCUT2D eigenvalue weighted by molar-refractivity contribution is 5.80. The summed E-state index contributed by atoms with van der Waals surface area (Å²) in [5, 5.41) is 17.1. The molecule has 3 nitrogen and oxygen atoms in total. The second-order valence-electron chi connectivity index (χ2n) is 5.59. The predicted molar refractivity (Wildman–Crippen MR) is 97.5 cm³/mol. The highest BCUT2D eigenvalue weighted by Crippen LogP contribution is 2.10. The molecule has 23 heavy (non-hydrogen) atoms. The Labute approximate surface area is 141 Å². The summed E-state index contributed by atoms with van der Waals surface area (Å²) in [6, 6.07) is 0. The Balaban J connectivity index is 3.32. The molecule has 0 saturated heterocycles. The van der Waals surface area contributed by atoms with Crippen molar-refractivity contribution >= 4 is 5.97 Å². The fourth-order valence-corrected chi connectivity index (χ4v) is 2.18. The molecule has 0 aliphatic carbocycles. The van der Waals surface area contributed by atoms with Crippen molar-refractivity contribution in [3.05, 3.63) is 48.6 Å². The standard InChI is InChI=1S/C20H32O3/c21-19-17-15-13-11-9-7-5-3-1-2-4-6-8-10-12-14-16-18-20(22)23/h4,6,8,10,12,14,16,18,21H,1-3,5,7,9,11,13,15,17,19H2,(H,22,23)/b6-4+,10-8+,14-12+,18-16+. The Hall–Kier alpha value is -1.61. The molecular weight excluding hydrogens is 288 g/mol. The van der Waals surface area contributed by atoms with E-state index >= 15 is 0 Å². The van der Waals surface area contributed by atoms with Crippen LogP contribution in [0, 0.1) is 0 Å². The molecule has 0 aromatic heterocycles. The zero-order chi connectivity index (χ0) is 17.0. The second-order valence-corrected chi connectivity index (χ2v) is 5.59. The molecule has 0 aliphatic heterocycles. The van der Waals surface area contributed by atoms with E-state index in [-0.39, 0.29) is 0 Å². The van der Waals surface area contributed by atoms with Crippen LogP contribution in [-0.4, -0.2) is 22.8 Å². The van der Waals surface area contributed by atoms with Gasteiger partial charge in [0.15, 0.2) is 0 Å². The minimum Gasteiger partial charge on any atom is -0.478 e. The highest BCUT2D eigenvalue weighted by Gasteiger charge is 1.91. The maximum absolute atomic E-state index is 10.2. The molecule has 3 heteroatoms. The first-order valence-corrected chi connectivity index (χ1v) is 8.77. The SMILES string of the molecule is O=C(O)/C=C/C=C/C=C/C=C/CCCCCCCCCCCO. The lowest BCUT2D eigenvalue weighted by atomic mass is 10.1. The molecule has 0 spiro atoms. The van der Waals surface area contributed by atoms with Crippen LogP contribution in [-0.2, 0) is 4.79 Å². The smallest absolute Gasteiger partial charge is 0.328 e. The van der Waals surface area contributed by atoms with Crippen LogP contribution in [0.25, 0.3) is 0 Å². The van der Waals surface area contributed by atoms with Gasteiger partial charge in [-0.2, -0.15) is 0 Å². The lowest BCUT2D eigenvalue weighted by Gasteiger charge is -2.00. The van der Waals surface area contributed by atoms with Crippen LogP contribution < -0.4 is 0 Å². The molecule has 2 N–H and O–H groups in total. The van der Waals surface area contributed by atoms with Crippen molar-refractivity contribution in [1.82, 2.24) is 0 Å². The Morgan fingerprint density at radius 3 is 1.70 bits per heavy atom. The van der Waals surface area contributed by atoms with E-state index in [0.29, 0.717) is 6.61 Å². The maximum Gasteiger partial charge on any atom is 0.328 e. The zero-order valence-electron chi connectivity index (χ0n) is 14.2. The molecule has 0 aliphatic rings. The highest BCUT2D eigenvalue weighted by atomic mass is 16.4. The van der Waals surface area contributed by atoms with E-state index < -0.39 is 5.97 Å². The van der Waals surface area contributed by atoms with Gasteiger partial charge in [0.05, 0.1) is 0 Å². The zero-order valence-corrected chi connectivity index (χ0v) is 14.2. The van der Waals surface area contributed by atoms with Crippen molar-refractivity contribution in [2.75, 3.05) is 6.61 Å². The first-order valence-electron chi connectivity index (χ1n) is 8.77. The van der Waals surface area contributed by atoms with Gasteiger partial charge in [-0.05, 0) is 19.3 Å². The number of hydrogen-bond donors (Lipinski definition) is 2. The maximum atomic E-state index is 10.2. The van der Waals surface area contributed by atoms with Crippen LogP contribution in [0.4, 0.5) is 0 Å². The molecule has 130 valence electrons. The van der Waals surface area contributed by atoms with Crippen LogP contribution in [0.15, 0.2) is 48.6 Å². The normalized spacial score (nSPS) is 12.4. The molecule has 0 fully saturated rings. The van der Waals surface area contributed by atoms with Gasteiger partial charge < -0.3 is 10.2 Å². The van der Waals surface area contributed by atoms with Gasteiger partial charge in [0, 0.05) is 12.7 Å². The van der Waals surface area contributed by atoms with Crippen molar-refractivity contribution in [2.24, 2.45) is 0 Å². The summed E-state index contributed by atoms with van der Waals surface area (Å²) in [7, 11) is 0. The quantitative estimate of drug-likeness (QED) is 0.248. The van der Waals surface area contributed by atoms with Gasteiger partial charge in [-0.1, -0.05) is 87.5 Å². The molecule has 0 atom stereocenters. The van der Waals surface area contributed by atoms with E-state index in [1.54, 1.807) is 6.08 Å². The Bertz CT molecular complexity index is 378. The number of rotatable bonds is 15. The van der Waals surface area contributed by atoms with Gasteiger partial charge in [-0.15, -0.1) is 0 Å². The van der Waals surface area contributed by atoms with Crippen molar-refractivity contribution in [3.63, 3.8) is 0 Å². The lowest BCUT2D eigenvalue weighted by Crippen LogP contribution is -1.84. The second kappa shape index (κ2) is 18.4. The van der Waals surface area contributed by atoms with Gasteiger partial charge in [-0.25, -0.2) is 4.79 Å². The minimum absolute atomic E-state index is 0.334. The molecule has 0 bridgehead atoms. The van der Waals surface area contributed by atoms with E-state index in [2.05, 4.69) is 6.08 Å². The average molecular weight is 320 g/mol. The lowest BCUT2D eigenvalue weighted by molar-refractivity contribution is -0.131. The van der Waals surface area contributed by atoms with Crippen LogP contribution in [0.3, 0.4) is 0 Å². The number of carboxylic acids is 1. The first-order chi connectivity index (χ1) is 11.3. The third-order valence-corrected chi connectivity index (χ3v) is 3.46. The summed E-state index contributed by atoms with van der Waals surface area (Å²) >= 11 is 0. The van der Waals surface area contributed by atoms with Crippen molar-refractivity contribution in [2.45, 2.75) is 64.2 Å².